The largest absolute Gasteiger partial charge is 0.282 e. The Balaban J connectivity index is 2.63. The first-order valence-corrected chi connectivity index (χ1v) is 4.57. The standard InChI is InChI=1S/C8H12OS/c1-3-6-5-7(4-2)10-8(6)9/h5,7H,3-4H2,1-2H3. The monoisotopic (exact) mass is 156 g/mol. The van der Waals surface area contributed by atoms with Crippen molar-refractivity contribution in [2.24, 2.45) is 0 Å². The van der Waals surface area contributed by atoms with Gasteiger partial charge < -0.3 is 0 Å². The molecule has 1 aliphatic rings. The Morgan fingerprint density at radius 2 is 2.30 bits per heavy atom. The highest BCUT2D eigenvalue weighted by molar-refractivity contribution is 8.15. The molecule has 0 saturated carbocycles. The fraction of sp³-hybridized carbons (Fsp3) is 0.625. The van der Waals surface area contributed by atoms with Crippen molar-refractivity contribution in [3.8, 4) is 0 Å². The van der Waals surface area contributed by atoms with E-state index in [0.717, 1.165) is 18.4 Å². The van der Waals surface area contributed by atoms with Crippen molar-refractivity contribution in [2.75, 3.05) is 0 Å². The van der Waals surface area contributed by atoms with Gasteiger partial charge in [0.25, 0.3) is 0 Å². The van der Waals surface area contributed by atoms with Crippen LogP contribution in [-0.2, 0) is 4.79 Å². The van der Waals surface area contributed by atoms with Crippen LogP contribution in [0.1, 0.15) is 26.7 Å². The zero-order valence-electron chi connectivity index (χ0n) is 6.39. The molecule has 0 N–H and O–H groups in total. The zero-order valence-corrected chi connectivity index (χ0v) is 7.20. The van der Waals surface area contributed by atoms with Gasteiger partial charge in [-0.1, -0.05) is 31.7 Å². The molecule has 1 nitrogen and oxygen atoms in total. The molecular formula is C8H12OS. The first-order chi connectivity index (χ1) is 4.77. The molecule has 1 aliphatic heterocycles. The summed E-state index contributed by atoms with van der Waals surface area (Å²) in [4.78, 5) is 11.1. The summed E-state index contributed by atoms with van der Waals surface area (Å²) in [5.41, 5.74) is 1.01. The van der Waals surface area contributed by atoms with Gasteiger partial charge in [-0.25, -0.2) is 0 Å². The molecule has 1 atom stereocenters. The molecule has 0 aliphatic carbocycles. The zero-order chi connectivity index (χ0) is 7.56. The Morgan fingerprint density at radius 1 is 1.60 bits per heavy atom. The average molecular weight is 156 g/mol. The van der Waals surface area contributed by atoms with Crippen LogP contribution in [0, 0.1) is 0 Å². The van der Waals surface area contributed by atoms with E-state index < -0.39 is 0 Å². The summed E-state index contributed by atoms with van der Waals surface area (Å²) >= 11 is 1.47. The van der Waals surface area contributed by atoms with Gasteiger partial charge >= 0.3 is 0 Å². The van der Waals surface area contributed by atoms with Crippen LogP contribution < -0.4 is 0 Å². The lowest BCUT2D eigenvalue weighted by Crippen LogP contribution is -1.91. The predicted octanol–water partition coefficient (Wildman–Crippen LogP) is 2.37. The molecule has 0 aromatic carbocycles. The first-order valence-electron chi connectivity index (χ1n) is 3.69. The van der Waals surface area contributed by atoms with Gasteiger partial charge in [-0.2, -0.15) is 0 Å². The Bertz CT molecular complexity index is 172. The highest BCUT2D eigenvalue weighted by Crippen LogP contribution is 2.30. The highest BCUT2D eigenvalue weighted by atomic mass is 32.2. The van der Waals surface area contributed by atoms with Gasteiger partial charge in [-0.3, -0.25) is 4.79 Å². The maximum atomic E-state index is 11.1. The van der Waals surface area contributed by atoms with E-state index in [2.05, 4.69) is 13.0 Å². The highest BCUT2D eigenvalue weighted by Gasteiger charge is 2.21. The average Bonchev–Trinajstić information content (AvgIpc) is 2.30. The molecule has 2 heteroatoms. The Morgan fingerprint density at radius 3 is 2.60 bits per heavy atom. The van der Waals surface area contributed by atoms with Crippen molar-refractivity contribution >= 4 is 16.9 Å². The number of rotatable bonds is 2. The molecule has 0 saturated heterocycles. The third kappa shape index (κ3) is 1.43. The SMILES string of the molecule is CCC1=CC(CC)SC1=O. The topological polar surface area (TPSA) is 17.1 Å². The van der Waals surface area contributed by atoms with E-state index in [9.17, 15) is 4.79 Å². The van der Waals surface area contributed by atoms with Gasteiger partial charge in [-0.15, -0.1) is 0 Å². The van der Waals surface area contributed by atoms with Gasteiger partial charge in [0.2, 0.25) is 5.12 Å². The number of hydrogen-bond acceptors (Lipinski definition) is 2. The van der Waals surface area contributed by atoms with E-state index in [0.29, 0.717) is 5.25 Å². The van der Waals surface area contributed by atoms with Crippen molar-refractivity contribution in [1.82, 2.24) is 0 Å². The van der Waals surface area contributed by atoms with E-state index in [4.69, 9.17) is 0 Å². The third-order valence-electron chi connectivity index (χ3n) is 1.69. The molecule has 0 radical (unpaired) electrons. The Hall–Kier alpha value is -0.240. The number of hydrogen-bond donors (Lipinski definition) is 0. The molecule has 1 unspecified atom stereocenters. The minimum Gasteiger partial charge on any atom is -0.282 e. The first kappa shape index (κ1) is 7.86. The fourth-order valence-electron chi connectivity index (χ4n) is 1.00. The summed E-state index contributed by atoms with van der Waals surface area (Å²) in [6.07, 6.45) is 4.06. The van der Waals surface area contributed by atoms with E-state index in [1.54, 1.807) is 0 Å². The van der Waals surface area contributed by atoms with E-state index >= 15 is 0 Å². The number of thioether (sulfide) groups is 1. The van der Waals surface area contributed by atoms with E-state index in [-0.39, 0.29) is 5.12 Å². The summed E-state index contributed by atoms with van der Waals surface area (Å²) < 4.78 is 0. The molecule has 56 valence electrons. The summed E-state index contributed by atoms with van der Waals surface area (Å²) in [6.45, 7) is 4.14. The quantitative estimate of drug-likeness (QED) is 0.610. The van der Waals surface area contributed by atoms with Gasteiger partial charge in [-0.05, 0) is 12.8 Å². The molecule has 10 heavy (non-hydrogen) atoms. The van der Waals surface area contributed by atoms with Crippen LogP contribution in [0.25, 0.3) is 0 Å². The second kappa shape index (κ2) is 3.24. The van der Waals surface area contributed by atoms with Crippen LogP contribution in [-0.4, -0.2) is 10.4 Å². The number of carbonyl (C=O) groups excluding carboxylic acids is 1. The maximum absolute atomic E-state index is 11.1. The lowest BCUT2D eigenvalue weighted by Gasteiger charge is -1.96. The summed E-state index contributed by atoms with van der Waals surface area (Å²) in [6, 6.07) is 0. The molecule has 0 fully saturated rings. The smallest absolute Gasteiger partial charge is 0.215 e. The van der Waals surface area contributed by atoms with Gasteiger partial charge in [0, 0.05) is 10.8 Å². The minimum atomic E-state index is 0.286. The summed E-state index contributed by atoms with van der Waals surface area (Å²) in [5.74, 6) is 0. The van der Waals surface area contributed by atoms with Gasteiger partial charge in [0.15, 0.2) is 0 Å². The molecule has 1 rings (SSSR count). The fourth-order valence-corrected chi connectivity index (χ4v) is 2.04. The van der Waals surface area contributed by atoms with Crippen molar-refractivity contribution in [2.45, 2.75) is 31.9 Å². The summed E-state index contributed by atoms with van der Waals surface area (Å²) in [5, 5.41) is 0.747. The summed E-state index contributed by atoms with van der Waals surface area (Å²) in [7, 11) is 0. The van der Waals surface area contributed by atoms with Crippen LogP contribution in [0.5, 0.6) is 0 Å². The van der Waals surface area contributed by atoms with Crippen molar-refractivity contribution < 1.29 is 4.79 Å². The Labute approximate surface area is 65.9 Å². The van der Waals surface area contributed by atoms with Crippen molar-refractivity contribution in [3.63, 3.8) is 0 Å². The van der Waals surface area contributed by atoms with Crippen LogP contribution in [0.3, 0.4) is 0 Å². The van der Waals surface area contributed by atoms with Crippen LogP contribution >= 0.6 is 11.8 Å². The van der Waals surface area contributed by atoms with Crippen molar-refractivity contribution in [3.05, 3.63) is 11.6 Å². The minimum absolute atomic E-state index is 0.286. The second-order valence-electron chi connectivity index (χ2n) is 2.40. The second-order valence-corrected chi connectivity index (χ2v) is 3.61. The van der Waals surface area contributed by atoms with Crippen LogP contribution in [0.4, 0.5) is 0 Å². The Kier molecular flexibility index (Phi) is 2.55. The predicted molar refractivity (Wildman–Crippen MR) is 45.1 cm³/mol. The molecule has 0 aromatic rings. The van der Waals surface area contributed by atoms with Crippen LogP contribution in [0.2, 0.25) is 0 Å². The van der Waals surface area contributed by atoms with Crippen LogP contribution in [0.15, 0.2) is 11.6 Å². The normalized spacial score (nSPS) is 25.2. The molecule has 0 bridgehead atoms. The lowest BCUT2D eigenvalue weighted by atomic mass is 10.2. The maximum Gasteiger partial charge on any atom is 0.215 e. The molecule has 0 aromatic heterocycles. The molecular weight excluding hydrogens is 144 g/mol. The lowest BCUT2D eigenvalue weighted by molar-refractivity contribution is -0.107. The number of carbonyl (C=O) groups is 1. The van der Waals surface area contributed by atoms with E-state index in [1.807, 2.05) is 6.92 Å². The third-order valence-corrected chi connectivity index (χ3v) is 2.94. The van der Waals surface area contributed by atoms with Crippen molar-refractivity contribution in [1.29, 1.82) is 0 Å². The molecule has 1 heterocycles. The van der Waals surface area contributed by atoms with E-state index in [1.165, 1.54) is 11.8 Å². The van der Waals surface area contributed by atoms with Gasteiger partial charge in [0.1, 0.15) is 0 Å². The molecule has 0 amide bonds. The molecule has 0 spiro atoms. The van der Waals surface area contributed by atoms with Gasteiger partial charge in [0.05, 0.1) is 0 Å².